The molecular weight excluding hydrogens is 261 g/mol. The zero-order valence-corrected chi connectivity index (χ0v) is 11.7. The van der Waals surface area contributed by atoms with Gasteiger partial charge in [-0.2, -0.15) is 0 Å². The molecule has 110 valence electrons. The van der Waals surface area contributed by atoms with Crippen molar-refractivity contribution in [1.29, 1.82) is 0 Å². The summed E-state index contributed by atoms with van der Waals surface area (Å²) < 4.78 is 13.6. The van der Waals surface area contributed by atoms with Crippen molar-refractivity contribution in [1.82, 2.24) is 10.6 Å². The van der Waals surface area contributed by atoms with E-state index in [4.69, 9.17) is 5.73 Å². The average Bonchev–Trinajstić information content (AvgIpc) is 2.38. The molecule has 0 unspecified atom stereocenters. The van der Waals surface area contributed by atoms with E-state index in [1.54, 1.807) is 0 Å². The second kappa shape index (κ2) is 7.59. The molecule has 5 nitrogen and oxygen atoms in total. The number of hydrogen-bond acceptors (Lipinski definition) is 3. The maximum Gasteiger partial charge on any atom is 0.248 e. The molecule has 4 N–H and O–H groups in total. The Morgan fingerprint density at radius 2 is 2.05 bits per heavy atom. The molecule has 0 aliphatic heterocycles. The molecule has 0 aliphatic carbocycles. The normalized spacial score (nSPS) is 10.6. The lowest BCUT2D eigenvalue weighted by Gasteiger charge is -2.09. The van der Waals surface area contributed by atoms with Gasteiger partial charge in [0.15, 0.2) is 0 Å². The quantitative estimate of drug-likeness (QED) is 0.690. The fourth-order valence-corrected chi connectivity index (χ4v) is 1.54. The van der Waals surface area contributed by atoms with Crippen LogP contribution in [0.1, 0.15) is 29.8 Å². The molecule has 0 aromatic heterocycles. The van der Waals surface area contributed by atoms with E-state index in [2.05, 4.69) is 10.6 Å². The van der Waals surface area contributed by atoms with Gasteiger partial charge in [0.2, 0.25) is 11.8 Å². The third-order valence-electron chi connectivity index (χ3n) is 2.65. The fourth-order valence-electron chi connectivity index (χ4n) is 1.54. The molecule has 0 spiro atoms. The molecule has 0 atom stereocenters. The molecule has 20 heavy (non-hydrogen) atoms. The molecule has 0 radical (unpaired) electrons. The largest absolute Gasteiger partial charge is 0.366 e. The Kier molecular flexibility index (Phi) is 6.11. The highest BCUT2D eigenvalue weighted by molar-refractivity contribution is 5.92. The number of halogens is 1. The SMILES string of the molecule is CC(C)CNC(=O)CNCc1ccc(C(N)=O)cc1F. The molecule has 0 fully saturated rings. The average molecular weight is 281 g/mol. The Morgan fingerprint density at radius 1 is 1.35 bits per heavy atom. The van der Waals surface area contributed by atoms with Gasteiger partial charge in [0.05, 0.1) is 6.54 Å². The van der Waals surface area contributed by atoms with Gasteiger partial charge in [0.1, 0.15) is 5.82 Å². The van der Waals surface area contributed by atoms with E-state index in [1.165, 1.54) is 12.1 Å². The van der Waals surface area contributed by atoms with Crippen LogP contribution >= 0.6 is 0 Å². The number of amides is 2. The van der Waals surface area contributed by atoms with Crippen molar-refractivity contribution < 1.29 is 14.0 Å². The van der Waals surface area contributed by atoms with Crippen LogP contribution in [0.2, 0.25) is 0 Å². The van der Waals surface area contributed by atoms with Crippen LogP contribution in [0.25, 0.3) is 0 Å². The summed E-state index contributed by atoms with van der Waals surface area (Å²) in [7, 11) is 0. The van der Waals surface area contributed by atoms with Gasteiger partial charge in [0.25, 0.3) is 0 Å². The topological polar surface area (TPSA) is 84.2 Å². The lowest BCUT2D eigenvalue weighted by molar-refractivity contribution is -0.120. The van der Waals surface area contributed by atoms with Gasteiger partial charge in [-0.15, -0.1) is 0 Å². The Balaban J connectivity index is 2.42. The Labute approximate surface area is 117 Å². The summed E-state index contributed by atoms with van der Waals surface area (Å²) in [6, 6.07) is 4.04. The van der Waals surface area contributed by atoms with Gasteiger partial charge in [-0.1, -0.05) is 19.9 Å². The first-order valence-corrected chi connectivity index (χ1v) is 6.45. The number of nitrogens with one attached hydrogen (secondary N) is 2. The zero-order valence-electron chi connectivity index (χ0n) is 11.7. The van der Waals surface area contributed by atoms with E-state index >= 15 is 0 Å². The van der Waals surface area contributed by atoms with Gasteiger partial charge in [-0.25, -0.2) is 4.39 Å². The second-order valence-corrected chi connectivity index (χ2v) is 4.97. The number of carbonyl (C=O) groups excluding carboxylic acids is 2. The minimum atomic E-state index is -0.670. The van der Waals surface area contributed by atoms with Gasteiger partial charge >= 0.3 is 0 Å². The molecule has 0 bridgehead atoms. The Morgan fingerprint density at radius 3 is 2.60 bits per heavy atom. The van der Waals surface area contributed by atoms with Crippen molar-refractivity contribution in [3.05, 3.63) is 35.1 Å². The minimum Gasteiger partial charge on any atom is -0.366 e. The van der Waals surface area contributed by atoms with Crippen LogP contribution in [0, 0.1) is 11.7 Å². The molecule has 0 saturated heterocycles. The first-order chi connectivity index (χ1) is 9.40. The lowest BCUT2D eigenvalue weighted by Crippen LogP contribution is -2.35. The Bertz CT molecular complexity index is 489. The summed E-state index contributed by atoms with van der Waals surface area (Å²) in [6.07, 6.45) is 0. The number of primary amides is 1. The van der Waals surface area contributed by atoms with Crippen LogP contribution in [0.4, 0.5) is 4.39 Å². The standard InChI is InChI=1S/C14H20FN3O2/c1-9(2)6-18-13(19)8-17-7-11-4-3-10(14(16)20)5-12(11)15/h3-5,9,17H,6-8H2,1-2H3,(H2,16,20)(H,18,19). The molecule has 6 heteroatoms. The summed E-state index contributed by atoms with van der Waals surface area (Å²) in [5.74, 6) is -0.932. The van der Waals surface area contributed by atoms with Crippen LogP contribution < -0.4 is 16.4 Å². The number of rotatable bonds is 7. The summed E-state index contributed by atoms with van der Waals surface area (Å²) in [4.78, 5) is 22.3. The summed E-state index contributed by atoms with van der Waals surface area (Å²) >= 11 is 0. The summed E-state index contributed by atoms with van der Waals surface area (Å²) in [6.45, 7) is 4.94. The third-order valence-corrected chi connectivity index (χ3v) is 2.65. The Hall–Kier alpha value is -1.95. The third kappa shape index (κ3) is 5.36. The molecule has 1 aromatic rings. The zero-order chi connectivity index (χ0) is 15.1. The highest BCUT2D eigenvalue weighted by atomic mass is 19.1. The summed E-state index contributed by atoms with van der Waals surface area (Å²) in [5, 5.41) is 5.60. The van der Waals surface area contributed by atoms with Crippen molar-refractivity contribution in [2.24, 2.45) is 11.7 Å². The van der Waals surface area contributed by atoms with E-state index in [1.807, 2.05) is 13.8 Å². The monoisotopic (exact) mass is 281 g/mol. The number of hydrogen-bond donors (Lipinski definition) is 3. The van der Waals surface area contributed by atoms with Crippen molar-refractivity contribution in [3.63, 3.8) is 0 Å². The fraction of sp³-hybridized carbons (Fsp3) is 0.429. The van der Waals surface area contributed by atoms with Crippen molar-refractivity contribution in [3.8, 4) is 0 Å². The van der Waals surface area contributed by atoms with Gasteiger partial charge in [-0.3, -0.25) is 9.59 Å². The maximum absolute atomic E-state index is 13.6. The predicted molar refractivity (Wildman–Crippen MR) is 74.5 cm³/mol. The molecule has 0 aliphatic rings. The molecule has 0 heterocycles. The minimum absolute atomic E-state index is 0.115. The number of nitrogens with two attached hydrogens (primary N) is 1. The van der Waals surface area contributed by atoms with E-state index < -0.39 is 11.7 Å². The van der Waals surface area contributed by atoms with Crippen molar-refractivity contribution in [2.75, 3.05) is 13.1 Å². The van der Waals surface area contributed by atoms with E-state index in [9.17, 15) is 14.0 Å². The van der Waals surface area contributed by atoms with Crippen LogP contribution in [0.5, 0.6) is 0 Å². The van der Waals surface area contributed by atoms with Crippen LogP contribution in [0.15, 0.2) is 18.2 Å². The number of benzene rings is 1. The van der Waals surface area contributed by atoms with E-state index in [-0.39, 0.29) is 24.6 Å². The first-order valence-electron chi connectivity index (χ1n) is 6.45. The van der Waals surface area contributed by atoms with Crippen LogP contribution in [-0.4, -0.2) is 24.9 Å². The van der Waals surface area contributed by atoms with E-state index in [0.717, 1.165) is 6.07 Å². The predicted octanol–water partition coefficient (Wildman–Crippen LogP) is 0.786. The summed E-state index contributed by atoms with van der Waals surface area (Å²) in [5.41, 5.74) is 5.56. The van der Waals surface area contributed by atoms with Gasteiger partial charge in [-0.05, 0) is 18.1 Å². The van der Waals surface area contributed by atoms with Crippen molar-refractivity contribution >= 4 is 11.8 Å². The van der Waals surface area contributed by atoms with Gasteiger partial charge in [0, 0.05) is 24.2 Å². The van der Waals surface area contributed by atoms with Crippen molar-refractivity contribution in [2.45, 2.75) is 20.4 Å². The maximum atomic E-state index is 13.6. The van der Waals surface area contributed by atoms with Gasteiger partial charge < -0.3 is 16.4 Å². The van der Waals surface area contributed by atoms with Crippen LogP contribution in [0.3, 0.4) is 0 Å². The van der Waals surface area contributed by atoms with E-state index in [0.29, 0.717) is 18.0 Å². The molecule has 0 saturated carbocycles. The highest BCUT2D eigenvalue weighted by Gasteiger charge is 2.07. The number of carbonyl (C=O) groups is 2. The molecular formula is C14H20FN3O2. The highest BCUT2D eigenvalue weighted by Crippen LogP contribution is 2.09. The smallest absolute Gasteiger partial charge is 0.248 e. The molecule has 1 rings (SSSR count). The second-order valence-electron chi connectivity index (χ2n) is 4.97. The molecule has 2 amide bonds. The first kappa shape index (κ1) is 16.1. The molecule has 1 aromatic carbocycles. The van der Waals surface area contributed by atoms with Crippen LogP contribution in [-0.2, 0) is 11.3 Å². The lowest BCUT2D eigenvalue weighted by atomic mass is 10.1.